The highest BCUT2D eigenvalue weighted by molar-refractivity contribution is 5.80. The van der Waals surface area contributed by atoms with Gasteiger partial charge in [0, 0.05) is 25.4 Å². The number of rotatable bonds is 9. The Labute approximate surface area is 139 Å². The molecule has 2 N–H and O–H groups in total. The zero-order valence-electron chi connectivity index (χ0n) is 15.0. The molecule has 1 rings (SSSR count). The number of ether oxygens (including phenoxy) is 1. The maximum absolute atomic E-state index is 12.6. The smallest absolute Gasteiger partial charge is 0.281 e. The topological polar surface area (TPSA) is 63.1 Å². The largest absolute Gasteiger partial charge is 0.383 e. The monoisotopic (exact) mass is 326 g/mol. The van der Waals surface area contributed by atoms with E-state index in [1.807, 2.05) is 25.8 Å². The molecule has 0 fully saturated rings. The molecule has 1 aliphatic carbocycles. The number of nitrogens with zero attached hydrogens (tertiary/aromatic N) is 1. The van der Waals surface area contributed by atoms with Crippen molar-refractivity contribution in [3.8, 4) is 0 Å². The molecule has 0 aromatic rings. The Balaban J connectivity index is 2.58. The molecule has 0 saturated heterocycles. The van der Waals surface area contributed by atoms with Crippen LogP contribution in [0.25, 0.3) is 0 Å². The summed E-state index contributed by atoms with van der Waals surface area (Å²) in [5.74, 6) is 0.0377. The number of nitrogens with one attached hydrogen (secondary N) is 2. The summed E-state index contributed by atoms with van der Waals surface area (Å²) in [5.41, 5.74) is 1.11. The first-order chi connectivity index (χ1) is 10.9. The number of amides is 2. The maximum Gasteiger partial charge on any atom is 0.281 e. The summed E-state index contributed by atoms with van der Waals surface area (Å²) in [7, 11) is 3.52. The van der Waals surface area contributed by atoms with Gasteiger partial charge in [-0.15, -0.1) is 0 Å². The van der Waals surface area contributed by atoms with Gasteiger partial charge in [-0.1, -0.05) is 6.08 Å². The molecule has 0 aliphatic heterocycles. The van der Waals surface area contributed by atoms with Gasteiger partial charge in [-0.3, -0.25) is 9.59 Å². The van der Waals surface area contributed by atoms with Crippen molar-refractivity contribution in [3.05, 3.63) is 11.8 Å². The van der Waals surface area contributed by atoms with E-state index in [9.17, 15) is 9.59 Å². The van der Waals surface area contributed by atoms with Gasteiger partial charge in [0.05, 0.1) is 13.7 Å². The van der Waals surface area contributed by atoms with Crippen LogP contribution in [0, 0.1) is 0 Å². The SMILES string of the molecule is COCCN(C(=O)C[NH+](C)CC(=O)NC(C)C)C1=CCCCC1. The molecule has 0 aromatic heterocycles. The minimum Gasteiger partial charge on any atom is -0.383 e. The van der Waals surface area contributed by atoms with E-state index in [1.165, 1.54) is 6.42 Å². The predicted molar refractivity (Wildman–Crippen MR) is 90.0 cm³/mol. The molecular weight excluding hydrogens is 294 g/mol. The van der Waals surface area contributed by atoms with Crippen molar-refractivity contribution in [2.24, 2.45) is 0 Å². The highest BCUT2D eigenvalue weighted by atomic mass is 16.5. The molecule has 23 heavy (non-hydrogen) atoms. The van der Waals surface area contributed by atoms with E-state index in [-0.39, 0.29) is 17.9 Å². The lowest BCUT2D eigenvalue weighted by Gasteiger charge is -2.28. The number of hydrogen-bond acceptors (Lipinski definition) is 3. The average molecular weight is 326 g/mol. The van der Waals surface area contributed by atoms with Crippen LogP contribution >= 0.6 is 0 Å². The lowest BCUT2D eigenvalue weighted by Crippen LogP contribution is -3.11. The quantitative estimate of drug-likeness (QED) is 0.625. The molecule has 0 heterocycles. The van der Waals surface area contributed by atoms with E-state index in [0.29, 0.717) is 26.2 Å². The molecule has 0 aromatic carbocycles. The van der Waals surface area contributed by atoms with Gasteiger partial charge in [-0.2, -0.15) is 0 Å². The number of carbonyl (C=O) groups is 2. The number of quaternary nitrogens is 1. The van der Waals surface area contributed by atoms with Crippen molar-refractivity contribution < 1.29 is 19.2 Å². The normalized spacial score (nSPS) is 16.0. The van der Waals surface area contributed by atoms with E-state index in [4.69, 9.17) is 4.74 Å². The molecule has 0 saturated carbocycles. The fourth-order valence-electron chi connectivity index (χ4n) is 2.74. The van der Waals surface area contributed by atoms with E-state index < -0.39 is 0 Å². The number of allylic oxidation sites excluding steroid dienone is 2. The summed E-state index contributed by atoms with van der Waals surface area (Å²) >= 11 is 0. The molecule has 1 aliphatic rings. The van der Waals surface area contributed by atoms with Gasteiger partial charge in [0.1, 0.15) is 0 Å². The van der Waals surface area contributed by atoms with Crippen LogP contribution in [0.5, 0.6) is 0 Å². The van der Waals surface area contributed by atoms with Gasteiger partial charge < -0.3 is 19.9 Å². The first-order valence-electron chi connectivity index (χ1n) is 8.53. The number of methoxy groups -OCH3 is 1. The Morgan fingerprint density at radius 3 is 2.65 bits per heavy atom. The highest BCUT2D eigenvalue weighted by Gasteiger charge is 2.23. The van der Waals surface area contributed by atoms with E-state index in [2.05, 4.69) is 11.4 Å². The van der Waals surface area contributed by atoms with Crippen LogP contribution in [-0.4, -0.2) is 63.2 Å². The lowest BCUT2D eigenvalue weighted by molar-refractivity contribution is -0.862. The van der Waals surface area contributed by atoms with Crippen LogP contribution in [0.2, 0.25) is 0 Å². The van der Waals surface area contributed by atoms with Crippen LogP contribution in [-0.2, 0) is 14.3 Å². The van der Waals surface area contributed by atoms with E-state index in [1.54, 1.807) is 7.11 Å². The third-order valence-electron chi connectivity index (χ3n) is 3.80. The Bertz CT molecular complexity index is 421. The van der Waals surface area contributed by atoms with Crippen molar-refractivity contribution in [3.63, 3.8) is 0 Å². The number of likely N-dealkylation sites (N-methyl/N-ethyl adjacent to an activating group) is 1. The minimum atomic E-state index is -0.0226. The van der Waals surface area contributed by atoms with Crippen molar-refractivity contribution in [2.75, 3.05) is 40.4 Å². The molecule has 6 heteroatoms. The Kier molecular flexibility index (Phi) is 8.87. The average Bonchev–Trinajstić information content (AvgIpc) is 2.47. The molecular formula is C17H32N3O3+. The first-order valence-corrected chi connectivity index (χ1v) is 8.53. The molecule has 1 unspecified atom stereocenters. The van der Waals surface area contributed by atoms with Crippen molar-refractivity contribution in [1.82, 2.24) is 10.2 Å². The molecule has 0 radical (unpaired) electrons. The fraction of sp³-hybridized carbons (Fsp3) is 0.765. The summed E-state index contributed by atoms with van der Waals surface area (Å²) in [6.07, 6.45) is 6.46. The minimum absolute atomic E-state index is 0.0226. The zero-order chi connectivity index (χ0) is 17.2. The first kappa shape index (κ1) is 19.6. The number of carbonyl (C=O) groups excluding carboxylic acids is 2. The summed E-state index contributed by atoms with van der Waals surface area (Å²) in [4.78, 5) is 27.2. The summed E-state index contributed by atoms with van der Waals surface area (Å²) in [6, 6.07) is 0.122. The standard InChI is InChI=1S/C17H31N3O3/c1-14(2)18-16(21)12-19(3)13-17(22)20(10-11-23-4)15-8-6-5-7-9-15/h8,14H,5-7,9-13H2,1-4H3,(H,18,21)/p+1. The third-order valence-corrected chi connectivity index (χ3v) is 3.80. The van der Waals surface area contributed by atoms with Gasteiger partial charge in [0.25, 0.3) is 11.8 Å². The van der Waals surface area contributed by atoms with Crippen LogP contribution in [0.3, 0.4) is 0 Å². The second kappa shape index (κ2) is 10.4. The Morgan fingerprint density at radius 1 is 1.35 bits per heavy atom. The maximum atomic E-state index is 12.6. The Hall–Kier alpha value is -1.40. The van der Waals surface area contributed by atoms with Crippen molar-refractivity contribution >= 4 is 11.8 Å². The van der Waals surface area contributed by atoms with Crippen LogP contribution in [0.15, 0.2) is 11.8 Å². The van der Waals surface area contributed by atoms with E-state index in [0.717, 1.165) is 29.9 Å². The van der Waals surface area contributed by atoms with Crippen molar-refractivity contribution in [1.29, 1.82) is 0 Å². The molecule has 0 spiro atoms. The van der Waals surface area contributed by atoms with Gasteiger partial charge in [0.2, 0.25) is 0 Å². The van der Waals surface area contributed by atoms with Crippen LogP contribution < -0.4 is 10.2 Å². The second-order valence-corrected chi connectivity index (χ2v) is 6.51. The second-order valence-electron chi connectivity index (χ2n) is 6.51. The lowest BCUT2D eigenvalue weighted by atomic mass is 10.0. The van der Waals surface area contributed by atoms with Gasteiger partial charge in [-0.05, 0) is 39.5 Å². The highest BCUT2D eigenvalue weighted by Crippen LogP contribution is 2.20. The van der Waals surface area contributed by atoms with Crippen LogP contribution in [0.1, 0.15) is 39.5 Å². The third kappa shape index (κ3) is 7.61. The molecule has 2 amide bonds. The van der Waals surface area contributed by atoms with Crippen molar-refractivity contribution in [2.45, 2.75) is 45.6 Å². The van der Waals surface area contributed by atoms with Gasteiger partial charge in [0.15, 0.2) is 13.1 Å². The van der Waals surface area contributed by atoms with Gasteiger partial charge >= 0.3 is 0 Å². The van der Waals surface area contributed by atoms with Crippen LogP contribution in [0.4, 0.5) is 0 Å². The molecule has 0 bridgehead atoms. The molecule has 6 nitrogen and oxygen atoms in total. The zero-order valence-corrected chi connectivity index (χ0v) is 15.0. The summed E-state index contributed by atoms with van der Waals surface area (Å²) in [5, 5.41) is 2.86. The van der Waals surface area contributed by atoms with E-state index >= 15 is 0 Å². The number of hydrogen-bond donors (Lipinski definition) is 2. The molecule has 132 valence electrons. The summed E-state index contributed by atoms with van der Waals surface area (Å²) < 4.78 is 5.13. The fourth-order valence-corrected chi connectivity index (χ4v) is 2.74. The molecule has 1 atom stereocenters. The summed E-state index contributed by atoms with van der Waals surface area (Å²) in [6.45, 7) is 5.58. The Morgan fingerprint density at radius 2 is 2.09 bits per heavy atom. The van der Waals surface area contributed by atoms with Gasteiger partial charge in [-0.25, -0.2) is 0 Å². The predicted octanol–water partition coefficient (Wildman–Crippen LogP) is -0.0414.